The molecule has 102 valence electrons. The molecule has 3 saturated carbocycles. The molecule has 4 rings (SSSR count). The summed E-state index contributed by atoms with van der Waals surface area (Å²) >= 11 is 0. The molecule has 1 aromatic rings. The molecule has 1 aromatic heterocycles. The van der Waals surface area contributed by atoms with Crippen LogP contribution in [0.3, 0.4) is 0 Å². The van der Waals surface area contributed by atoms with Crippen LogP contribution < -0.4 is 16.4 Å². The minimum atomic E-state index is 0.342. The number of nitrogens with zero attached hydrogens (tertiary/aromatic N) is 2. The van der Waals surface area contributed by atoms with Gasteiger partial charge in [-0.1, -0.05) is 0 Å². The Hall–Kier alpha value is -1.52. The number of nitrogens with one attached hydrogen (secondary N) is 2. The van der Waals surface area contributed by atoms with Gasteiger partial charge in [-0.25, -0.2) is 0 Å². The third kappa shape index (κ3) is 1.75. The van der Waals surface area contributed by atoms with Gasteiger partial charge in [0, 0.05) is 18.7 Å². The molecule has 0 saturated heterocycles. The fourth-order valence-corrected chi connectivity index (χ4v) is 4.50. The molecule has 5 nitrogen and oxygen atoms in total. The summed E-state index contributed by atoms with van der Waals surface area (Å²) < 4.78 is 0. The molecule has 5 heteroatoms. The van der Waals surface area contributed by atoms with Gasteiger partial charge in [0.1, 0.15) is 11.6 Å². The summed E-state index contributed by atoms with van der Waals surface area (Å²) in [4.78, 5) is 8.49. The normalized spacial score (nSPS) is 38.1. The number of nitrogens with two attached hydrogens (primary N) is 1. The van der Waals surface area contributed by atoms with E-state index in [1.54, 1.807) is 0 Å². The predicted molar refractivity (Wildman–Crippen MR) is 75.8 cm³/mol. The van der Waals surface area contributed by atoms with E-state index in [2.05, 4.69) is 20.6 Å². The quantitative estimate of drug-likeness (QED) is 0.770. The summed E-state index contributed by atoms with van der Waals surface area (Å²) in [6.07, 6.45) is 4.36. The summed E-state index contributed by atoms with van der Waals surface area (Å²) in [5.41, 5.74) is 5.77. The van der Waals surface area contributed by atoms with E-state index in [9.17, 15) is 0 Å². The zero-order valence-corrected chi connectivity index (χ0v) is 11.3. The third-order valence-corrected chi connectivity index (χ3v) is 5.15. The standard InChI is InChI=1S/C14H21N5/c1-2-16-9-6-10(19-14(15)18-9)17-13-11-7-3-4-8(5-7)12(11)13/h6-8,11-13H,2-5H2,1H3,(H4,15,16,17,18,19). The van der Waals surface area contributed by atoms with Crippen molar-refractivity contribution in [3.8, 4) is 0 Å². The second kappa shape index (κ2) is 3.99. The molecule has 3 aliphatic rings. The van der Waals surface area contributed by atoms with Crippen molar-refractivity contribution < 1.29 is 0 Å². The van der Waals surface area contributed by atoms with Crippen LogP contribution in [-0.4, -0.2) is 22.6 Å². The summed E-state index contributed by atoms with van der Waals surface area (Å²) in [7, 11) is 0. The van der Waals surface area contributed by atoms with Gasteiger partial charge in [-0.3, -0.25) is 0 Å². The van der Waals surface area contributed by atoms with E-state index < -0.39 is 0 Å². The first-order valence-electron chi connectivity index (χ1n) is 7.41. The maximum Gasteiger partial charge on any atom is 0.223 e. The minimum absolute atomic E-state index is 0.342. The van der Waals surface area contributed by atoms with Gasteiger partial charge in [0.2, 0.25) is 5.95 Å². The molecule has 19 heavy (non-hydrogen) atoms. The first-order chi connectivity index (χ1) is 9.26. The Morgan fingerprint density at radius 2 is 1.89 bits per heavy atom. The largest absolute Gasteiger partial charge is 0.370 e. The van der Waals surface area contributed by atoms with Gasteiger partial charge < -0.3 is 16.4 Å². The third-order valence-electron chi connectivity index (χ3n) is 5.15. The molecular weight excluding hydrogens is 238 g/mol. The molecule has 4 atom stereocenters. The Morgan fingerprint density at radius 1 is 1.21 bits per heavy atom. The Bertz CT molecular complexity index is 487. The minimum Gasteiger partial charge on any atom is -0.370 e. The number of hydrogen-bond donors (Lipinski definition) is 3. The maximum absolute atomic E-state index is 5.77. The molecule has 0 aromatic carbocycles. The molecule has 0 spiro atoms. The van der Waals surface area contributed by atoms with Crippen molar-refractivity contribution in [3.63, 3.8) is 0 Å². The Labute approximate surface area is 113 Å². The van der Waals surface area contributed by atoms with Gasteiger partial charge in [0.15, 0.2) is 0 Å². The van der Waals surface area contributed by atoms with E-state index in [0.717, 1.165) is 41.9 Å². The van der Waals surface area contributed by atoms with Crippen LogP contribution in [0.2, 0.25) is 0 Å². The molecule has 1 heterocycles. The highest BCUT2D eigenvalue weighted by Gasteiger charge is 2.65. The van der Waals surface area contributed by atoms with Gasteiger partial charge in [0.05, 0.1) is 0 Å². The van der Waals surface area contributed by atoms with Crippen molar-refractivity contribution in [3.05, 3.63) is 6.07 Å². The molecule has 0 aliphatic heterocycles. The number of nitrogen functional groups attached to an aromatic ring is 1. The highest BCUT2D eigenvalue weighted by atomic mass is 15.2. The zero-order chi connectivity index (χ0) is 13.0. The van der Waals surface area contributed by atoms with Crippen LogP contribution in [0.5, 0.6) is 0 Å². The second-order valence-electron chi connectivity index (χ2n) is 6.18. The number of hydrogen-bond acceptors (Lipinski definition) is 5. The fourth-order valence-electron chi connectivity index (χ4n) is 4.50. The molecule has 2 bridgehead atoms. The predicted octanol–water partition coefficient (Wildman–Crippen LogP) is 1.95. The number of rotatable bonds is 4. The smallest absolute Gasteiger partial charge is 0.223 e. The van der Waals surface area contributed by atoms with Crippen LogP contribution in [0.15, 0.2) is 6.07 Å². The van der Waals surface area contributed by atoms with Crippen LogP contribution in [-0.2, 0) is 0 Å². The van der Waals surface area contributed by atoms with E-state index in [4.69, 9.17) is 5.73 Å². The number of anilines is 3. The monoisotopic (exact) mass is 259 g/mol. The SMILES string of the molecule is CCNc1cc(NC2C3C4CCC(C4)C23)nc(N)n1. The Kier molecular flexibility index (Phi) is 2.37. The van der Waals surface area contributed by atoms with Crippen LogP contribution in [0.4, 0.5) is 17.6 Å². The lowest BCUT2D eigenvalue weighted by Crippen LogP contribution is -2.15. The summed E-state index contributed by atoms with van der Waals surface area (Å²) in [6, 6.07) is 2.60. The highest BCUT2D eigenvalue weighted by Crippen LogP contribution is 2.66. The van der Waals surface area contributed by atoms with E-state index in [1.165, 1.54) is 19.3 Å². The van der Waals surface area contributed by atoms with Gasteiger partial charge in [-0.2, -0.15) is 9.97 Å². The molecule has 3 fully saturated rings. The van der Waals surface area contributed by atoms with Crippen LogP contribution in [0.25, 0.3) is 0 Å². The van der Waals surface area contributed by atoms with Crippen molar-refractivity contribution in [1.29, 1.82) is 0 Å². The van der Waals surface area contributed by atoms with E-state index in [0.29, 0.717) is 12.0 Å². The first-order valence-corrected chi connectivity index (χ1v) is 7.41. The highest BCUT2D eigenvalue weighted by molar-refractivity contribution is 5.52. The first kappa shape index (κ1) is 11.3. The topological polar surface area (TPSA) is 75.9 Å². The maximum atomic E-state index is 5.77. The van der Waals surface area contributed by atoms with E-state index in [-0.39, 0.29) is 0 Å². The molecule has 0 amide bonds. The molecule has 4 N–H and O–H groups in total. The lowest BCUT2D eigenvalue weighted by molar-refractivity contribution is 0.456. The van der Waals surface area contributed by atoms with Crippen molar-refractivity contribution in [2.75, 3.05) is 22.9 Å². The summed E-state index contributed by atoms with van der Waals surface area (Å²) in [5.74, 6) is 5.78. The van der Waals surface area contributed by atoms with Crippen molar-refractivity contribution in [2.24, 2.45) is 23.7 Å². The zero-order valence-electron chi connectivity index (χ0n) is 11.3. The van der Waals surface area contributed by atoms with Crippen LogP contribution in [0.1, 0.15) is 26.2 Å². The average Bonchev–Trinajstić information content (AvgIpc) is 2.78. The van der Waals surface area contributed by atoms with Crippen molar-refractivity contribution in [1.82, 2.24) is 9.97 Å². The van der Waals surface area contributed by atoms with Gasteiger partial charge in [-0.05, 0) is 49.9 Å². The lowest BCUT2D eigenvalue weighted by atomic mass is 10.0. The van der Waals surface area contributed by atoms with Crippen LogP contribution >= 0.6 is 0 Å². The molecule has 4 unspecified atom stereocenters. The van der Waals surface area contributed by atoms with Crippen molar-refractivity contribution in [2.45, 2.75) is 32.2 Å². The number of aromatic nitrogens is 2. The second-order valence-corrected chi connectivity index (χ2v) is 6.18. The summed E-state index contributed by atoms with van der Waals surface area (Å²) in [6.45, 7) is 2.89. The average molecular weight is 259 g/mol. The fraction of sp³-hybridized carbons (Fsp3) is 0.714. The van der Waals surface area contributed by atoms with Crippen molar-refractivity contribution >= 4 is 17.6 Å². The summed E-state index contributed by atoms with van der Waals surface area (Å²) in [5, 5.41) is 6.78. The van der Waals surface area contributed by atoms with E-state index in [1.807, 2.05) is 13.0 Å². The van der Waals surface area contributed by atoms with Gasteiger partial charge in [0.25, 0.3) is 0 Å². The van der Waals surface area contributed by atoms with E-state index >= 15 is 0 Å². The molecule has 3 aliphatic carbocycles. The Balaban J connectivity index is 1.49. The van der Waals surface area contributed by atoms with Gasteiger partial charge >= 0.3 is 0 Å². The van der Waals surface area contributed by atoms with Crippen LogP contribution in [0, 0.1) is 23.7 Å². The molecular formula is C14H21N5. The van der Waals surface area contributed by atoms with Gasteiger partial charge in [-0.15, -0.1) is 0 Å². The number of fused-ring (bicyclic) bond motifs is 5. The lowest BCUT2D eigenvalue weighted by Gasteiger charge is -2.12. The molecule has 0 radical (unpaired) electrons. The Morgan fingerprint density at radius 3 is 2.58 bits per heavy atom.